The molecule has 0 spiro atoms. The lowest BCUT2D eigenvalue weighted by Crippen LogP contribution is -2.27. The molecule has 90 valence electrons. The van der Waals surface area contributed by atoms with Gasteiger partial charge in [0.15, 0.2) is 5.69 Å². The molecular formula is C9H12F3N3O. The molecule has 0 aliphatic heterocycles. The molecule has 0 radical (unpaired) electrons. The van der Waals surface area contributed by atoms with Gasteiger partial charge in [-0.2, -0.15) is 18.3 Å². The molecule has 4 nitrogen and oxygen atoms in total. The van der Waals surface area contributed by atoms with Gasteiger partial charge in [-0.3, -0.25) is 9.48 Å². The van der Waals surface area contributed by atoms with Crippen LogP contribution in [0.5, 0.6) is 0 Å². The van der Waals surface area contributed by atoms with Gasteiger partial charge in [-0.1, -0.05) is 13.3 Å². The molecule has 1 amide bonds. The fraction of sp³-hybridized carbons (Fsp3) is 0.556. The summed E-state index contributed by atoms with van der Waals surface area (Å²) in [6, 6.07) is 0.00657. The number of halogens is 3. The van der Waals surface area contributed by atoms with Gasteiger partial charge in [-0.05, 0) is 12.5 Å². The molecule has 1 aromatic rings. The van der Waals surface area contributed by atoms with E-state index in [4.69, 9.17) is 5.73 Å². The molecule has 0 bridgehead atoms. The molecule has 0 saturated heterocycles. The average Bonchev–Trinajstić information content (AvgIpc) is 2.61. The van der Waals surface area contributed by atoms with E-state index in [0.717, 1.165) is 16.9 Å². The number of alkyl halides is 3. The first-order valence-electron chi connectivity index (χ1n) is 4.78. The molecule has 0 fully saturated rings. The molecule has 0 aromatic carbocycles. The number of amides is 1. The van der Waals surface area contributed by atoms with E-state index in [1.165, 1.54) is 0 Å². The van der Waals surface area contributed by atoms with Crippen LogP contribution in [0.1, 0.15) is 31.5 Å². The van der Waals surface area contributed by atoms with Crippen LogP contribution in [-0.4, -0.2) is 15.7 Å². The highest BCUT2D eigenvalue weighted by molar-refractivity contribution is 5.78. The predicted molar refractivity (Wildman–Crippen MR) is 50.4 cm³/mol. The normalized spacial score (nSPS) is 13.8. The first-order chi connectivity index (χ1) is 7.36. The quantitative estimate of drug-likeness (QED) is 0.863. The van der Waals surface area contributed by atoms with Crippen LogP contribution in [0.25, 0.3) is 0 Å². The molecule has 0 aliphatic carbocycles. The van der Waals surface area contributed by atoms with E-state index in [-0.39, 0.29) is 0 Å². The molecule has 1 aromatic heterocycles. The maximum Gasteiger partial charge on any atom is 0.435 e. The smallest absolute Gasteiger partial charge is 0.368 e. The molecule has 1 heterocycles. The van der Waals surface area contributed by atoms with Crippen molar-refractivity contribution in [3.8, 4) is 0 Å². The minimum Gasteiger partial charge on any atom is -0.368 e. The van der Waals surface area contributed by atoms with Gasteiger partial charge in [0.1, 0.15) is 6.04 Å². The van der Waals surface area contributed by atoms with Crippen molar-refractivity contribution >= 4 is 5.91 Å². The minimum absolute atomic E-state index is 0.369. The number of nitrogens with two attached hydrogens (primary N) is 1. The van der Waals surface area contributed by atoms with Crippen LogP contribution >= 0.6 is 0 Å². The first kappa shape index (κ1) is 12.5. The highest BCUT2D eigenvalue weighted by atomic mass is 19.4. The van der Waals surface area contributed by atoms with Crippen LogP contribution in [-0.2, 0) is 11.0 Å². The Morgan fingerprint density at radius 1 is 1.62 bits per heavy atom. The summed E-state index contributed by atoms with van der Waals surface area (Å²) in [4.78, 5) is 11.0. The molecular weight excluding hydrogens is 223 g/mol. The van der Waals surface area contributed by atoms with Crippen LogP contribution in [0.15, 0.2) is 12.3 Å². The monoisotopic (exact) mass is 235 g/mol. The third kappa shape index (κ3) is 2.74. The maximum atomic E-state index is 12.3. The summed E-state index contributed by atoms with van der Waals surface area (Å²) in [5, 5.41) is 3.31. The van der Waals surface area contributed by atoms with Crippen LogP contribution in [0.3, 0.4) is 0 Å². The second kappa shape index (κ2) is 4.54. The Balaban J connectivity index is 2.95. The van der Waals surface area contributed by atoms with Crippen molar-refractivity contribution in [3.05, 3.63) is 18.0 Å². The number of primary amides is 1. The number of carbonyl (C=O) groups excluding carboxylic acids is 1. The summed E-state index contributed by atoms with van der Waals surface area (Å²) in [6.07, 6.45) is -2.38. The Kier molecular flexibility index (Phi) is 3.56. The van der Waals surface area contributed by atoms with E-state index >= 15 is 0 Å². The van der Waals surface area contributed by atoms with Crippen molar-refractivity contribution in [2.24, 2.45) is 5.73 Å². The highest BCUT2D eigenvalue weighted by Crippen LogP contribution is 2.28. The van der Waals surface area contributed by atoms with Crippen molar-refractivity contribution in [1.82, 2.24) is 9.78 Å². The molecule has 0 saturated carbocycles. The van der Waals surface area contributed by atoms with Gasteiger partial charge in [0, 0.05) is 6.20 Å². The number of rotatable bonds is 4. The van der Waals surface area contributed by atoms with Gasteiger partial charge in [0.05, 0.1) is 0 Å². The predicted octanol–water partition coefficient (Wildman–Crippen LogP) is 1.73. The van der Waals surface area contributed by atoms with E-state index in [2.05, 4.69) is 5.10 Å². The van der Waals surface area contributed by atoms with Crippen LogP contribution in [0.4, 0.5) is 13.2 Å². The van der Waals surface area contributed by atoms with Crippen molar-refractivity contribution in [1.29, 1.82) is 0 Å². The molecule has 1 unspecified atom stereocenters. The van der Waals surface area contributed by atoms with Crippen molar-refractivity contribution in [2.45, 2.75) is 32.0 Å². The first-order valence-corrected chi connectivity index (χ1v) is 4.78. The Morgan fingerprint density at radius 3 is 2.62 bits per heavy atom. The minimum atomic E-state index is -4.50. The Hall–Kier alpha value is -1.53. The van der Waals surface area contributed by atoms with Crippen LogP contribution in [0.2, 0.25) is 0 Å². The van der Waals surface area contributed by atoms with E-state index in [9.17, 15) is 18.0 Å². The molecule has 16 heavy (non-hydrogen) atoms. The van der Waals surface area contributed by atoms with Crippen LogP contribution in [0, 0.1) is 0 Å². The third-order valence-electron chi connectivity index (χ3n) is 2.11. The standard InChI is InChI=1S/C9H12F3N3O/c1-2-3-6(8(13)16)15-5-4-7(14-15)9(10,11)12/h4-6H,2-3H2,1H3,(H2,13,16). The fourth-order valence-electron chi connectivity index (χ4n) is 1.34. The average molecular weight is 235 g/mol. The lowest BCUT2D eigenvalue weighted by Gasteiger charge is -2.12. The van der Waals surface area contributed by atoms with Gasteiger partial charge in [-0.15, -0.1) is 0 Å². The summed E-state index contributed by atoms with van der Waals surface area (Å²) >= 11 is 0. The fourth-order valence-corrected chi connectivity index (χ4v) is 1.34. The summed E-state index contributed by atoms with van der Waals surface area (Å²) in [7, 11) is 0. The van der Waals surface area contributed by atoms with E-state index < -0.39 is 23.8 Å². The Bertz CT molecular complexity index is 372. The summed E-state index contributed by atoms with van der Waals surface area (Å²) < 4.78 is 37.7. The van der Waals surface area contributed by atoms with Crippen molar-refractivity contribution in [3.63, 3.8) is 0 Å². The molecule has 7 heteroatoms. The lowest BCUT2D eigenvalue weighted by atomic mass is 10.1. The third-order valence-corrected chi connectivity index (χ3v) is 2.11. The molecule has 1 rings (SSSR count). The van der Waals surface area contributed by atoms with Gasteiger partial charge in [0.25, 0.3) is 0 Å². The van der Waals surface area contributed by atoms with Gasteiger partial charge >= 0.3 is 6.18 Å². The van der Waals surface area contributed by atoms with E-state index in [0.29, 0.717) is 12.8 Å². The lowest BCUT2D eigenvalue weighted by molar-refractivity contribution is -0.142. The largest absolute Gasteiger partial charge is 0.435 e. The molecule has 0 aliphatic rings. The molecule has 2 N–H and O–H groups in total. The number of hydrogen-bond acceptors (Lipinski definition) is 2. The number of carbonyl (C=O) groups is 1. The number of hydrogen-bond donors (Lipinski definition) is 1. The highest BCUT2D eigenvalue weighted by Gasteiger charge is 2.34. The van der Waals surface area contributed by atoms with Gasteiger partial charge < -0.3 is 5.73 Å². The maximum absolute atomic E-state index is 12.3. The Labute approximate surface area is 90.2 Å². The van der Waals surface area contributed by atoms with Crippen molar-refractivity contribution < 1.29 is 18.0 Å². The summed E-state index contributed by atoms with van der Waals surface area (Å²) in [5.74, 6) is -0.682. The second-order valence-corrected chi connectivity index (χ2v) is 3.39. The zero-order valence-electron chi connectivity index (χ0n) is 8.66. The summed E-state index contributed by atoms with van der Waals surface area (Å²) in [5.41, 5.74) is 4.07. The molecule has 1 atom stereocenters. The van der Waals surface area contributed by atoms with Crippen LogP contribution < -0.4 is 5.73 Å². The van der Waals surface area contributed by atoms with Gasteiger partial charge in [-0.25, -0.2) is 0 Å². The van der Waals surface area contributed by atoms with Gasteiger partial charge in [0.2, 0.25) is 5.91 Å². The van der Waals surface area contributed by atoms with Crippen molar-refractivity contribution in [2.75, 3.05) is 0 Å². The van der Waals surface area contributed by atoms with E-state index in [1.807, 2.05) is 6.92 Å². The number of nitrogens with zero attached hydrogens (tertiary/aromatic N) is 2. The second-order valence-electron chi connectivity index (χ2n) is 3.39. The van der Waals surface area contributed by atoms with E-state index in [1.54, 1.807) is 0 Å². The Morgan fingerprint density at radius 2 is 2.25 bits per heavy atom. The number of aromatic nitrogens is 2. The zero-order valence-corrected chi connectivity index (χ0v) is 8.66. The topological polar surface area (TPSA) is 60.9 Å². The summed E-state index contributed by atoms with van der Waals surface area (Å²) in [6.45, 7) is 1.81. The zero-order chi connectivity index (χ0) is 12.3. The SMILES string of the molecule is CCCC(C(N)=O)n1ccc(C(F)(F)F)n1.